The van der Waals surface area contributed by atoms with Crippen molar-refractivity contribution in [2.75, 3.05) is 11.9 Å². The Labute approximate surface area is 157 Å². The second kappa shape index (κ2) is 7.00. The lowest BCUT2D eigenvalue weighted by atomic mass is 10.2. The van der Waals surface area contributed by atoms with Gasteiger partial charge >= 0.3 is 0 Å². The highest BCUT2D eigenvalue weighted by atomic mass is 32.1. The summed E-state index contributed by atoms with van der Waals surface area (Å²) in [6.45, 7) is 0. The number of halogens is 1. The number of aromatic nitrogens is 6. The van der Waals surface area contributed by atoms with Crippen LogP contribution in [0.5, 0.6) is 0 Å². The highest BCUT2D eigenvalue weighted by Gasteiger charge is 2.18. The number of nitrogens with zero attached hydrogens (tertiary/aromatic N) is 7. The second-order valence-electron chi connectivity index (χ2n) is 5.47. The molecule has 10 heteroatoms. The molecule has 0 spiro atoms. The van der Waals surface area contributed by atoms with E-state index in [9.17, 15) is 9.18 Å². The number of thiazole rings is 1. The van der Waals surface area contributed by atoms with E-state index in [1.807, 2.05) is 0 Å². The van der Waals surface area contributed by atoms with Gasteiger partial charge < -0.3 is 0 Å². The zero-order chi connectivity index (χ0) is 18.8. The molecule has 1 aromatic carbocycles. The highest BCUT2D eigenvalue weighted by Crippen LogP contribution is 2.27. The van der Waals surface area contributed by atoms with Crippen LogP contribution in [0.4, 0.5) is 9.52 Å². The molecule has 0 aliphatic heterocycles. The second-order valence-corrected chi connectivity index (χ2v) is 6.30. The molecule has 0 saturated carbocycles. The van der Waals surface area contributed by atoms with Crippen LogP contribution in [-0.4, -0.2) is 42.9 Å². The SMILES string of the molecule is CN(C(=O)c1ccc(F)cc1)c1nc(-c2cc(-n3nccn3)ncn2)cs1. The van der Waals surface area contributed by atoms with Crippen molar-refractivity contribution in [1.29, 1.82) is 0 Å². The predicted octanol–water partition coefficient (Wildman–Crippen LogP) is 2.60. The van der Waals surface area contributed by atoms with Crippen LogP contribution in [0, 0.1) is 5.82 Å². The molecule has 0 fully saturated rings. The summed E-state index contributed by atoms with van der Waals surface area (Å²) in [5, 5.41) is 10.4. The van der Waals surface area contributed by atoms with Crippen molar-refractivity contribution in [3.05, 3.63) is 65.8 Å². The van der Waals surface area contributed by atoms with Gasteiger partial charge in [-0.2, -0.15) is 10.2 Å². The van der Waals surface area contributed by atoms with E-state index in [-0.39, 0.29) is 5.91 Å². The molecule has 1 amide bonds. The van der Waals surface area contributed by atoms with Gasteiger partial charge in [-0.15, -0.1) is 16.1 Å². The Bertz CT molecular complexity index is 1080. The quantitative estimate of drug-likeness (QED) is 0.540. The van der Waals surface area contributed by atoms with Crippen molar-refractivity contribution < 1.29 is 9.18 Å². The molecule has 4 rings (SSSR count). The van der Waals surface area contributed by atoms with Gasteiger partial charge in [0.05, 0.1) is 18.1 Å². The molecule has 0 aliphatic rings. The van der Waals surface area contributed by atoms with Crippen LogP contribution in [0.15, 0.2) is 54.4 Å². The lowest BCUT2D eigenvalue weighted by molar-refractivity contribution is 0.0993. The summed E-state index contributed by atoms with van der Waals surface area (Å²) in [4.78, 5) is 28.2. The summed E-state index contributed by atoms with van der Waals surface area (Å²) < 4.78 is 13.0. The third kappa shape index (κ3) is 3.42. The van der Waals surface area contributed by atoms with Gasteiger partial charge in [-0.1, -0.05) is 0 Å². The van der Waals surface area contributed by atoms with Crippen molar-refractivity contribution in [2.45, 2.75) is 0 Å². The first-order valence-corrected chi connectivity index (χ1v) is 8.68. The first kappa shape index (κ1) is 16.9. The molecular weight excluding hydrogens is 369 g/mol. The van der Waals surface area contributed by atoms with Crippen LogP contribution in [0.1, 0.15) is 10.4 Å². The third-order valence-electron chi connectivity index (χ3n) is 3.71. The number of anilines is 1. The number of rotatable bonds is 4. The van der Waals surface area contributed by atoms with Crippen molar-refractivity contribution >= 4 is 22.4 Å². The fourth-order valence-electron chi connectivity index (χ4n) is 2.34. The van der Waals surface area contributed by atoms with Crippen LogP contribution >= 0.6 is 11.3 Å². The average molecular weight is 381 g/mol. The first-order chi connectivity index (χ1) is 13.1. The minimum atomic E-state index is -0.392. The normalized spacial score (nSPS) is 10.7. The maximum Gasteiger partial charge on any atom is 0.259 e. The Balaban J connectivity index is 1.59. The van der Waals surface area contributed by atoms with Crippen molar-refractivity contribution in [3.8, 4) is 17.2 Å². The van der Waals surface area contributed by atoms with Gasteiger partial charge in [0.15, 0.2) is 10.9 Å². The standard InChI is InChI=1S/C17H12FN7OS/c1-24(16(26)11-2-4-12(18)5-3-11)17-23-14(9-27-17)13-8-15(20-10-19-13)25-21-6-7-22-25/h2-10H,1H3. The lowest BCUT2D eigenvalue weighted by Gasteiger charge is -2.13. The summed E-state index contributed by atoms with van der Waals surface area (Å²) >= 11 is 1.30. The van der Waals surface area contributed by atoms with Crippen molar-refractivity contribution in [2.24, 2.45) is 0 Å². The molecule has 0 unspecified atom stereocenters. The molecule has 8 nitrogen and oxygen atoms in total. The number of hydrogen-bond acceptors (Lipinski definition) is 7. The maximum absolute atomic E-state index is 13.0. The maximum atomic E-state index is 13.0. The fraction of sp³-hybridized carbons (Fsp3) is 0.0588. The zero-order valence-corrected chi connectivity index (χ0v) is 14.8. The lowest BCUT2D eigenvalue weighted by Crippen LogP contribution is -2.26. The fourth-order valence-corrected chi connectivity index (χ4v) is 3.12. The summed E-state index contributed by atoms with van der Waals surface area (Å²) in [5.74, 6) is -0.160. The summed E-state index contributed by atoms with van der Waals surface area (Å²) in [5.41, 5.74) is 1.57. The van der Waals surface area contributed by atoms with Crippen molar-refractivity contribution in [3.63, 3.8) is 0 Å². The molecule has 27 heavy (non-hydrogen) atoms. The van der Waals surface area contributed by atoms with Crippen LogP contribution in [0.25, 0.3) is 17.2 Å². The van der Waals surface area contributed by atoms with Crippen LogP contribution in [0.3, 0.4) is 0 Å². The van der Waals surface area contributed by atoms with Gasteiger partial charge in [0.2, 0.25) is 0 Å². The van der Waals surface area contributed by atoms with Gasteiger partial charge in [0.1, 0.15) is 17.8 Å². The van der Waals surface area contributed by atoms with Crippen LogP contribution in [0.2, 0.25) is 0 Å². The molecule has 0 radical (unpaired) electrons. The number of benzene rings is 1. The minimum absolute atomic E-state index is 0.278. The topological polar surface area (TPSA) is 89.7 Å². The van der Waals surface area contributed by atoms with E-state index >= 15 is 0 Å². The predicted molar refractivity (Wildman–Crippen MR) is 97.2 cm³/mol. The van der Waals surface area contributed by atoms with E-state index in [1.54, 1.807) is 30.9 Å². The van der Waals surface area contributed by atoms with Gasteiger partial charge in [-0.25, -0.2) is 19.3 Å². The van der Waals surface area contributed by atoms with Crippen LogP contribution in [-0.2, 0) is 0 Å². The van der Waals surface area contributed by atoms with Gasteiger partial charge in [0.25, 0.3) is 5.91 Å². The van der Waals surface area contributed by atoms with E-state index in [1.165, 1.54) is 51.6 Å². The first-order valence-electron chi connectivity index (χ1n) is 7.80. The molecule has 0 aliphatic carbocycles. The molecule has 4 aromatic rings. The Hall–Kier alpha value is -3.53. The number of amides is 1. The van der Waals surface area contributed by atoms with E-state index in [2.05, 4.69) is 25.1 Å². The molecule has 3 heterocycles. The Morgan fingerprint density at radius 3 is 2.59 bits per heavy atom. The van der Waals surface area contributed by atoms with Crippen molar-refractivity contribution in [1.82, 2.24) is 29.9 Å². The van der Waals surface area contributed by atoms with Gasteiger partial charge in [-0.05, 0) is 24.3 Å². The Morgan fingerprint density at radius 2 is 1.85 bits per heavy atom. The monoisotopic (exact) mass is 381 g/mol. The Morgan fingerprint density at radius 1 is 1.11 bits per heavy atom. The molecule has 0 saturated heterocycles. The highest BCUT2D eigenvalue weighted by molar-refractivity contribution is 7.14. The van der Waals surface area contributed by atoms with E-state index in [0.29, 0.717) is 27.9 Å². The Kier molecular flexibility index (Phi) is 4.38. The summed E-state index contributed by atoms with van der Waals surface area (Å²) in [6.07, 6.45) is 4.51. The smallest absolute Gasteiger partial charge is 0.259 e. The largest absolute Gasteiger partial charge is 0.287 e. The number of hydrogen-bond donors (Lipinski definition) is 0. The van der Waals surface area contributed by atoms with Gasteiger partial charge in [0, 0.05) is 24.1 Å². The molecule has 0 N–H and O–H groups in total. The zero-order valence-electron chi connectivity index (χ0n) is 14.0. The third-order valence-corrected chi connectivity index (χ3v) is 4.63. The number of carbonyl (C=O) groups excluding carboxylic acids is 1. The number of carbonyl (C=O) groups is 1. The van der Waals surface area contributed by atoms with E-state index < -0.39 is 5.82 Å². The summed E-state index contributed by atoms with van der Waals surface area (Å²) in [6, 6.07) is 7.09. The molecule has 134 valence electrons. The minimum Gasteiger partial charge on any atom is -0.287 e. The molecule has 0 bridgehead atoms. The molecule has 3 aromatic heterocycles. The van der Waals surface area contributed by atoms with Crippen LogP contribution < -0.4 is 4.90 Å². The summed E-state index contributed by atoms with van der Waals surface area (Å²) in [7, 11) is 1.62. The molecular formula is C17H12FN7OS. The average Bonchev–Trinajstić information content (AvgIpc) is 3.40. The van der Waals surface area contributed by atoms with E-state index in [0.717, 1.165) is 0 Å². The molecule has 0 atom stereocenters. The van der Waals surface area contributed by atoms with Gasteiger partial charge in [-0.3, -0.25) is 9.69 Å². The van der Waals surface area contributed by atoms with E-state index in [4.69, 9.17) is 0 Å².